The molecular weight excluding hydrogens is 142 g/mol. The van der Waals surface area contributed by atoms with E-state index < -0.39 is 5.97 Å². The number of hydrogen-bond donors (Lipinski definition) is 2. The van der Waals surface area contributed by atoms with Crippen molar-refractivity contribution in [3.05, 3.63) is 5.82 Å². The van der Waals surface area contributed by atoms with Crippen molar-refractivity contribution in [2.45, 2.75) is 0 Å². The second-order valence-corrected chi connectivity index (χ2v) is 1.25. The van der Waals surface area contributed by atoms with Crippen LogP contribution < -0.4 is 5.84 Å². The normalized spacial score (nSPS) is 8.40. The van der Waals surface area contributed by atoms with Crippen molar-refractivity contribution in [3.63, 3.8) is 0 Å². The van der Waals surface area contributed by atoms with Crippen LogP contribution >= 0.6 is 0 Å². The van der Waals surface area contributed by atoms with Gasteiger partial charge in [-0.2, -0.15) is 0 Å². The third kappa shape index (κ3) is 1.17. The molecule has 56 valence electrons. The smallest absolute Gasteiger partial charge is 0.377 e. The first-order chi connectivity index (χ1) is 4.22. The number of carboxylic acid groups (broad SMARTS) is 1. The van der Waals surface area contributed by atoms with Crippen molar-refractivity contribution in [1.29, 1.82) is 0 Å². The molecule has 0 bridgehead atoms. The second-order valence-electron chi connectivity index (χ2n) is 1.25. The highest BCUT2D eigenvalue weighted by Gasteiger charge is 2.10. The number of nitrogen functional groups attached to an aromatic ring is 1. The lowest BCUT2D eigenvalue weighted by Gasteiger charge is -1.86. The van der Waals surface area contributed by atoms with E-state index in [2.05, 4.69) is 15.5 Å². The van der Waals surface area contributed by atoms with E-state index in [1.165, 1.54) is 0 Å². The van der Waals surface area contributed by atoms with Gasteiger partial charge in [0.05, 0.1) is 0 Å². The molecular formula is C2H5N5O3. The topological polar surface area (TPSA) is 138 Å². The van der Waals surface area contributed by atoms with E-state index in [9.17, 15) is 4.79 Å². The molecule has 1 aromatic rings. The Balaban J connectivity index is 0.000000810. The molecule has 10 heavy (non-hydrogen) atoms. The van der Waals surface area contributed by atoms with Crippen LogP contribution in [0.5, 0.6) is 0 Å². The highest BCUT2D eigenvalue weighted by molar-refractivity contribution is 5.82. The summed E-state index contributed by atoms with van der Waals surface area (Å²) in [5.74, 6) is 3.31. The van der Waals surface area contributed by atoms with Crippen LogP contribution in [0.2, 0.25) is 0 Å². The van der Waals surface area contributed by atoms with Gasteiger partial charge in [0.15, 0.2) is 0 Å². The van der Waals surface area contributed by atoms with E-state index in [1.807, 2.05) is 0 Å². The minimum absolute atomic E-state index is 0. The summed E-state index contributed by atoms with van der Waals surface area (Å²) in [7, 11) is 0. The summed E-state index contributed by atoms with van der Waals surface area (Å²) in [4.78, 5) is 10.6. The predicted molar refractivity (Wildman–Crippen MR) is 28.5 cm³/mol. The molecule has 8 heteroatoms. The summed E-state index contributed by atoms with van der Waals surface area (Å²) in [5.41, 5.74) is 0. The van der Waals surface area contributed by atoms with Crippen molar-refractivity contribution in [1.82, 2.24) is 20.3 Å². The summed E-state index contributed by atoms with van der Waals surface area (Å²) < 4.78 is 0. The second kappa shape index (κ2) is 2.73. The summed E-state index contributed by atoms with van der Waals surface area (Å²) >= 11 is 0. The fraction of sp³-hybridized carbons (Fsp3) is 0. The lowest BCUT2D eigenvalue weighted by Crippen LogP contribution is -2.18. The first-order valence-electron chi connectivity index (χ1n) is 1.98. The first-order valence-corrected chi connectivity index (χ1v) is 1.98. The van der Waals surface area contributed by atoms with E-state index in [1.54, 1.807) is 0 Å². The van der Waals surface area contributed by atoms with Crippen LogP contribution in [0, 0.1) is 0 Å². The van der Waals surface area contributed by atoms with Crippen molar-refractivity contribution >= 4 is 5.97 Å². The highest BCUT2D eigenvalue weighted by Crippen LogP contribution is 1.82. The summed E-state index contributed by atoms with van der Waals surface area (Å²) in [6.07, 6.45) is 0. The predicted octanol–water partition coefficient (Wildman–Crippen LogP) is -2.74. The molecule has 8 nitrogen and oxygen atoms in total. The fourth-order valence-electron chi connectivity index (χ4n) is 0.334. The van der Waals surface area contributed by atoms with Crippen molar-refractivity contribution in [2.24, 2.45) is 0 Å². The largest absolute Gasteiger partial charge is 0.475 e. The molecule has 0 fully saturated rings. The third-order valence-electron chi connectivity index (χ3n) is 0.684. The molecule has 0 atom stereocenters. The molecule has 0 aromatic carbocycles. The van der Waals surface area contributed by atoms with Gasteiger partial charge in [0.2, 0.25) is 0 Å². The molecule has 1 heterocycles. The van der Waals surface area contributed by atoms with Crippen LogP contribution in [-0.4, -0.2) is 36.9 Å². The zero-order valence-corrected chi connectivity index (χ0v) is 4.72. The monoisotopic (exact) mass is 147 g/mol. The van der Waals surface area contributed by atoms with Crippen molar-refractivity contribution < 1.29 is 15.4 Å². The minimum atomic E-state index is -1.25. The third-order valence-corrected chi connectivity index (χ3v) is 0.684. The Bertz CT molecular complexity index is 231. The molecule has 0 aliphatic heterocycles. The van der Waals surface area contributed by atoms with Gasteiger partial charge in [0, 0.05) is 0 Å². The summed E-state index contributed by atoms with van der Waals surface area (Å²) in [5, 5.41) is 17.4. The van der Waals surface area contributed by atoms with Crippen LogP contribution in [0.3, 0.4) is 0 Å². The Hall–Kier alpha value is -1.70. The van der Waals surface area contributed by atoms with Gasteiger partial charge >= 0.3 is 5.97 Å². The number of tetrazole rings is 1. The number of nitrogens with two attached hydrogens (primary N) is 1. The lowest BCUT2D eigenvalue weighted by molar-refractivity contribution is 0.0679. The molecule has 0 amide bonds. The van der Waals surface area contributed by atoms with Crippen LogP contribution in [0.4, 0.5) is 0 Å². The van der Waals surface area contributed by atoms with E-state index in [4.69, 9.17) is 10.9 Å². The van der Waals surface area contributed by atoms with Crippen molar-refractivity contribution in [2.75, 3.05) is 5.84 Å². The first kappa shape index (κ1) is 8.30. The molecule has 0 spiro atoms. The molecule has 1 rings (SSSR count). The van der Waals surface area contributed by atoms with Crippen LogP contribution in [0.25, 0.3) is 0 Å². The van der Waals surface area contributed by atoms with Crippen LogP contribution in [-0.2, 0) is 0 Å². The number of aromatic carboxylic acids is 1. The standard InChI is InChI=1S/C2H3N5O2.H2O/c3-7-1(2(8)9)4-5-6-7;/h3H2,(H,8,9);1H2. The van der Waals surface area contributed by atoms with Gasteiger partial charge in [-0.05, 0) is 10.4 Å². The Morgan fingerprint density at radius 2 is 2.30 bits per heavy atom. The maximum absolute atomic E-state index is 10.0. The number of aromatic nitrogens is 4. The Kier molecular flexibility index (Phi) is 2.27. The average Bonchev–Trinajstić information content (AvgIpc) is 2.13. The number of carboxylic acids is 1. The van der Waals surface area contributed by atoms with Gasteiger partial charge in [-0.25, -0.2) is 4.79 Å². The van der Waals surface area contributed by atoms with Gasteiger partial charge < -0.3 is 16.4 Å². The number of nitrogens with zero attached hydrogens (tertiary/aromatic N) is 4. The maximum atomic E-state index is 10.0. The van der Waals surface area contributed by atoms with E-state index in [-0.39, 0.29) is 11.3 Å². The van der Waals surface area contributed by atoms with E-state index in [0.29, 0.717) is 4.79 Å². The Morgan fingerprint density at radius 1 is 1.70 bits per heavy atom. The molecule has 1 aromatic heterocycles. The van der Waals surface area contributed by atoms with Crippen molar-refractivity contribution in [3.8, 4) is 0 Å². The number of hydrogen-bond acceptors (Lipinski definition) is 5. The molecule has 0 aliphatic rings. The van der Waals surface area contributed by atoms with Crippen LogP contribution in [0.15, 0.2) is 0 Å². The van der Waals surface area contributed by atoms with Crippen LogP contribution in [0.1, 0.15) is 10.6 Å². The maximum Gasteiger partial charge on any atom is 0.377 e. The lowest BCUT2D eigenvalue weighted by atomic mass is 10.6. The SMILES string of the molecule is Nn1nnnc1C(=O)O.O. The molecule has 0 saturated carbocycles. The zero-order valence-electron chi connectivity index (χ0n) is 4.72. The zero-order chi connectivity index (χ0) is 6.85. The molecule has 0 radical (unpaired) electrons. The number of carbonyl (C=O) groups is 1. The summed E-state index contributed by atoms with van der Waals surface area (Å²) in [6.45, 7) is 0. The molecule has 0 unspecified atom stereocenters. The fourth-order valence-corrected chi connectivity index (χ4v) is 0.334. The van der Waals surface area contributed by atoms with Gasteiger partial charge in [-0.1, -0.05) is 5.10 Å². The van der Waals surface area contributed by atoms with E-state index >= 15 is 0 Å². The van der Waals surface area contributed by atoms with Gasteiger partial charge in [0.25, 0.3) is 5.82 Å². The summed E-state index contributed by atoms with van der Waals surface area (Å²) in [6, 6.07) is 0. The minimum Gasteiger partial charge on any atom is -0.475 e. The Labute approximate surface area is 54.5 Å². The molecule has 0 saturated heterocycles. The van der Waals surface area contributed by atoms with E-state index in [0.717, 1.165) is 0 Å². The number of rotatable bonds is 1. The van der Waals surface area contributed by atoms with Gasteiger partial charge in [-0.3, -0.25) is 0 Å². The highest BCUT2D eigenvalue weighted by atomic mass is 16.4. The quantitative estimate of drug-likeness (QED) is 0.413. The van der Waals surface area contributed by atoms with Gasteiger partial charge in [0.1, 0.15) is 0 Å². The molecule has 0 aliphatic carbocycles. The van der Waals surface area contributed by atoms with Gasteiger partial charge in [-0.15, -0.1) is 4.79 Å². The molecule has 5 N–H and O–H groups in total. The Morgan fingerprint density at radius 3 is 2.50 bits per heavy atom. The average molecular weight is 147 g/mol.